The summed E-state index contributed by atoms with van der Waals surface area (Å²) >= 11 is 7.88. The van der Waals surface area contributed by atoms with Gasteiger partial charge in [-0.2, -0.15) is 0 Å². The number of para-hydroxylation sites is 1. The zero-order chi connectivity index (χ0) is 28.9. The first-order valence-electron chi connectivity index (χ1n) is 13.9. The van der Waals surface area contributed by atoms with Gasteiger partial charge in [0.15, 0.2) is 0 Å². The lowest BCUT2D eigenvalue weighted by Gasteiger charge is -2.34. The molecule has 1 aliphatic rings. The Hall–Kier alpha value is -3.73. The average molecular weight is 599 g/mol. The van der Waals surface area contributed by atoms with Crippen LogP contribution in [0, 0.1) is 0 Å². The first-order valence-corrected chi connectivity index (χ1v) is 15.1. The molecule has 0 spiro atoms. The normalized spacial score (nSPS) is 14.3. The molecule has 0 bridgehead atoms. The molecule has 1 fully saturated rings. The third-order valence-corrected chi connectivity index (χ3v) is 8.67. The standard InChI is InChI=1S/C32H31ClN6O2S/c1-41-18-17-38-13-15-39(16-14-38)21-22-19-29-32(34-20-22)42-31(37-29)24-8-3-5-10-27(24)36-30(40)28-12-6-11-26(35-28)23-7-2-4-9-25(23)33/h2-12,19-20H,13-18,21H2,1H3,(H,36,40). The highest BCUT2D eigenvalue weighted by atomic mass is 35.5. The van der Waals surface area contributed by atoms with E-state index in [1.807, 2.05) is 66.9 Å². The molecule has 1 saturated heterocycles. The van der Waals surface area contributed by atoms with Crippen molar-refractivity contribution in [2.75, 3.05) is 51.8 Å². The zero-order valence-corrected chi connectivity index (χ0v) is 24.9. The van der Waals surface area contributed by atoms with Gasteiger partial charge in [0.05, 0.1) is 18.0 Å². The molecule has 2 aromatic carbocycles. The van der Waals surface area contributed by atoms with Crippen LogP contribution in [-0.4, -0.2) is 77.1 Å². The van der Waals surface area contributed by atoms with Gasteiger partial charge in [0.25, 0.3) is 5.91 Å². The van der Waals surface area contributed by atoms with E-state index in [0.29, 0.717) is 22.1 Å². The van der Waals surface area contributed by atoms with E-state index < -0.39 is 0 Å². The number of carbonyl (C=O) groups excluding carboxylic acids is 1. The molecule has 10 heteroatoms. The highest BCUT2D eigenvalue weighted by Gasteiger charge is 2.19. The fourth-order valence-corrected chi connectivity index (χ4v) is 6.22. The molecular formula is C32H31ClN6O2S. The number of nitrogens with one attached hydrogen (secondary N) is 1. The van der Waals surface area contributed by atoms with Crippen LogP contribution in [0.1, 0.15) is 16.1 Å². The number of carbonyl (C=O) groups is 1. The van der Waals surface area contributed by atoms with E-state index in [0.717, 1.165) is 77.9 Å². The van der Waals surface area contributed by atoms with Crippen molar-refractivity contribution in [3.63, 3.8) is 0 Å². The molecule has 5 aromatic rings. The fourth-order valence-electron chi connectivity index (χ4n) is 5.06. The van der Waals surface area contributed by atoms with Crippen molar-refractivity contribution in [1.29, 1.82) is 0 Å². The number of fused-ring (bicyclic) bond motifs is 1. The maximum absolute atomic E-state index is 13.3. The first kappa shape index (κ1) is 28.4. The summed E-state index contributed by atoms with van der Waals surface area (Å²) in [6.45, 7) is 6.73. The lowest BCUT2D eigenvalue weighted by molar-refractivity contribution is 0.0938. The number of halogens is 1. The second-order valence-corrected chi connectivity index (χ2v) is 11.6. The Morgan fingerprint density at radius 2 is 1.71 bits per heavy atom. The number of hydrogen-bond acceptors (Lipinski definition) is 8. The summed E-state index contributed by atoms with van der Waals surface area (Å²) in [6.07, 6.45) is 1.95. The van der Waals surface area contributed by atoms with E-state index in [-0.39, 0.29) is 5.91 Å². The molecule has 0 atom stereocenters. The smallest absolute Gasteiger partial charge is 0.274 e. The molecule has 0 saturated carbocycles. The van der Waals surface area contributed by atoms with Crippen molar-refractivity contribution < 1.29 is 9.53 Å². The number of benzene rings is 2. The SMILES string of the molecule is COCCN1CCN(Cc2cnc3sc(-c4ccccc4NC(=O)c4cccc(-c5ccccc5Cl)n4)nc3c2)CC1. The van der Waals surface area contributed by atoms with Gasteiger partial charge in [0, 0.05) is 68.7 Å². The number of thiazole rings is 1. The molecule has 8 nitrogen and oxygen atoms in total. The molecule has 4 heterocycles. The number of ether oxygens (including phenoxy) is 1. The molecule has 0 radical (unpaired) electrons. The second-order valence-electron chi connectivity index (χ2n) is 10.2. The third kappa shape index (κ3) is 6.51. The summed E-state index contributed by atoms with van der Waals surface area (Å²) in [4.78, 5) is 33.3. The maximum atomic E-state index is 13.3. The van der Waals surface area contributed by atoms with Gasteiger partial charge >= 0.3 is 0 Å². The summed E-state index contributed by atoms with van der Waals surface area (Å²) in [6, 6.07) is 22.6. The van der Waals surface area contributed by atoms with Gasteiger partial charge in [-0.1, -0.05) is 59.3 Å². The Labute approximate surface area is 254 Å². The molecule has 0 unspecified atom stereocenters. The van der Waals surface area contributed by atoms with E-state index in [2.05, 4.69) is 26.2 Å². The van der Waals surface area contributed by atoms with Crippen LogP contribution >= 0.6 is 22.9 Å². The van der Waals surface area contributed by atoms with Crippen LogP contribution in [0.25, 0.3) is 32.2 Å². The predicted molar refractivity (Wildman–Crippen MR) is 169 cm³/mol. The van der Waals surface area contributed by atoms with Crippen LogP contribution in [0.3, 0.4) is 0 Å². The Morgan fingerprint density at radius 1 is 0.952 bits per heavy atom. The van der Waals surface area contributed by atoms with Gasteiger partial charge in [0.2, 0.25) is 0 Å². The summed E-state index contributed by atoms with van der Waals surface area (Å²) in [5, 5.41) is 4.42. The van der Waals surface area contributed by atoms with E-state index >= 15 is 0 Å². The van der Waals surface area contributed by atoms with Crippen molar-refractivity contribution in [3.8, 4) is 21.8 Å². The highest BCUT2D eigenvalue weighted by molar-refractivity contribution is 7.21. The van der Waals surface area contributed by atoms with Crippen molar-refractivity contribution in [1.82, 2.24) is 24.8 Å². The van der Waals surface area contributed by atoms with Crippen molar-refractivity contribution in [2.45, 2.75) is 6.54 Å². The van der Waals surface area contributed by atoms with Gasteiger partial charge in [-0.3, -0.25) is 14.6 Å². The summed E-state index contributed by atoms with van der Waals surface area (Å²) < 4.78 is 5.21. The Balaban J connectivity index is 1.17. The molecule has 3 aromatic heterocycles. The minimum absolute atomic E-state index is 0.303. The summed E-state index contributed by atoms with van der Waals surface area (Å²) in [7, 11) is 1.75. The third-order valence-electron chi connectivity index (χ3n) is 7.32. The minimum atomic E-state index is -0.305. The number of aromatic nitrogens is 3. The number of hydrogen-bond donors (Lipinski definition) is 1. The van der Waals surface area contributed by atoms with Crippen LogP contribution in [0.2, 0.25) is 5.02 Å². The van der Waals surface area contributed by atoms with E-state index in [1.165, 1.54) is 11.3 Å². The van der Waals surface area contributed by atoms with E-state index in [1.54, 1.807) is 13.2 Å². The van der Waals surface area contributed by atoms with Crippen LogP contribution < -0.4 is 5.32 Å². The Bertz CT molecular complexity index is 1700. The molecule has 0 aliphatic carbocycles. The maximum Gasteiger partial charge on any atom is 0.274 e. The number of pyridine rings is 2. The van der Waals surface area contributed by atoms with Crippen LogP contribution in [-0.2, 0) is 11.3 Å². The first-order chi connectivity index (χ1) is 20.6. The highest BCUT2D eigenvalue weighted by Crippen LogP contribution is 2.34. The van der Waals surface area contributed by atoms with E-state index in [9.17, 15) is 4.79 Å². The van der Waals surface area contributed by atoms with Crippen LogP contribution in [0.5, 0.6) is 0 Å². The summed E-state index contributed by atoms with van der Waals surface area (Å²) in [5.74, 6) is -0.305. The van der Waals surface area contributed by atoms with Gasteiger partial charge in [0.1, 0.15) is 21.0 Å². The van der Waals surface area contributed by atoms with Crippen molar-refractivity contribution in [3.05, 3.63) is 95.3 Å². The van der Waals surface area contributed by atoms with Gasteiger partial charge < -0.3 is 10.1 Å². The Kier molecular flexibility index (Phi) is 8.83. The number of methoxy groups -OCH3 is 1. The second kappa shape index (κ2) is 13.1. The molecular weight excluding hydrogens is 568 g/mol. The van der Waals surface area contributed by atoms with Crippen LogP contribution in [0.4, 0.5) is 5.69 Å². The number of piperazine rings is 1. The lowest BCUT2D eigenvalue weighted by Crippen LogP contribution is -2.46. The topological polar surface area (TPSA) is 83.5 Å². The molecule has 214 valence electrons. The molecule has 6 rings (SSSR count). The zero-order valence-electron chi connectivity index (χ0n) is 23.3. The number of rotatable bonds is 9. The predicted octanol–water partition coefficient (Wildman–Crippen LogP) is 6.09. The molecule has 1 N–H and O–H groups in total. The minimum Gasteiger partial charge on any atom is -0.383 e. The molecule has 1 amide bonds. The largest absolute Gasteiger partial charge is 0.383 e. The van der Waals surface area contributed by atoms with Crippen molar-refractivity contribution in [2.24, 2.45) is 0 Å². The van der Waals surface area contributed by atoms with Gasteiger partial charge in [-0.05, 0) is 42.0 Å². The van der Waals surface area contributed by atoms with Crippen molar-refractivity contribution >= 4 is 44.9 Å². The number of amides is 1. The molecule has 1 aliphatic heterocycles. The van der Waals surface area contributed by atoms with Gasteiger partial charge in [-0.15, -0.1) is 0 Å². The monoisotopic (exact) mass is 598 g/mol. The average Bonchev–Trinajstić information content (AvgIpc) is 3.45. The number of nitrogens with zero attached hydrogens (tertiary/aromatic N) is 5. The quantitative estimate of drug-likeness (QED) is 0.220. The Morgan fingerprint density at radius 3 is 2.52 bits per heavy atom. The molecule has 42 heavy (non-hydrogen) atoms. The summed E-state index contributed by atoms with van der Waals surface area (Å²) in [5.41, 5.74) is 5.24. The lowest BCUT2D eigenvalue weighted by atomic mass is 10.1. The van der Waals surface area contributed by atoms with E-state index in [4.69, 9.17) is 26.3 Å². The van der Waals surface area contributed by atoms with Crippen LogP contribution in [0.15, 0.2) is 79.0 Å². The fraction of sp³-hybridized carbons (Fsp3) is 0.250. The van der Waals surface area contributed by atoms with Gasteiger partial charge in [-0.25, -0.2) is 15.0 Å². The number of anilines is 1.